The van der Waals surface area contributed by atoms with E-state index in [0.29, 0.717) is 6.42 Å². The van der Waals surface area contributed by atoms with Crippen LogP contribution in [0.3, 0.4) is 0 Å². The number of anilines is 1. The van der Waals surface area contributed by atoms with Crippen molar-refractivity contribution in [2.75, 3.05) is 12.4 Å². The number of ether oxygens (including phenoxy) is 1. The molecule has 0 aliphatic carbocycles. The Morgan fingerprint density at radius 1 is 1.38 bits per heavy atom. The maximum Gasteiger partial charge on any atom is 0.309 e. The first-order valence-electron chi connectivity index (χ1n) is 5.16. The topological polar surface area (TPSA) is 55.4 Å². The van der Waals surface area contributed by atoms with E-state index in [1.165, 1.54) is 7.11 Å². The quantitative estimate of drug-likeness (QED) is 0.725. The largest absolute Gasteiger partial charge is 0.469 e. The van der Waals surface area contributed by atoms with Crippen LogP contribution in [0, 0.1) is 5.92 Å². The van der Waals surface area contributed by atoms with Gasteiger partial charge < -0.3 is 10.1 Å². The minimum atomic E-state index is -0.381. The zero-order valence-electron chi connectivity index (χ0n) is 9.03. The fourth-order valence-corrected chi connectivity index (χ4v) is 1.92. The molecule has 0 spiro atoms. The summed E-state index contributed by atoms with van der Waals surface area (Å²) in [6.07, 6.45) is 0.725. The number of amides is 1. The molecule has 0 fully saturated rings. The molecule has 16 heavy (non-hydrogen) atoms. The molecule has 1 unspecified atom stereocenters. The first-order chi connectivity index (χ1) is 7.70. The Morgan fingerprint density at radius 2 is 2.12 bits per heavy atom. The van der Waals surface area contributed by atoms with Gasteiger partial charge in [-0.05, 0) is 18.1 Å². The molecule has 4 nitrogen and oxygen atoms in total. The fourth-order valence-electron chi connectivity index (χ4n) is 1.92. The van der Waals surface area contributed by atoms with Gasteiger partial charge in [0.1, 0.15) is 0 Å². The van der Waals surface area contributed by atoms with E-state index in [9.17, 15) is 9.59 Å². The number of para-hydroxylation sites is 1. The molecule has 1 aromatic rings. The first kappa shape index (κ1) is 10.7. The van der Waals surface area contributed by atoms with Crippen molar-refractivity contribution < 1.29 is 14.3 Å². The molecule has 1 atom stereocenters. The van der Waals surface area contributed by atoms with Gasteiger partial charge in [0.05, 0.1) is 13.0 Å². The van der Waals surface area contributed by atoms with Crippen molar-refractivity contribution in [2.45, 2.75) is 12.8 Å². The molecule has 1 aliphatic rings. The van der Waals surface area contributed by atoms with Crippen molar-refractivity contribution in [3.05, 3.63) is 29.8 Å². The smallest absolute Gasteiger partial charge is 0.309 e. The van der Waals surface area contributed by atoms with E-state index in [1.54, 1.807) is 0 Å². The highest BCUT2D eigenvalue weighted by Gasteiger charge is 2.27. The number of carbonyl (C=O) groups excluding carboxylic acids is 2. The molecule has 1 aliphatic heterocycles. The minimum absolute atomic E-state index is 0.139. The maximum absolute atomic E-state index is 11.6. The van der Waals surface area contributed by atoms with E-state index >= 15 is 0 Å². The summed E-state index contributed by atoms with van der Waals surface area (Å²) in [5, 5.41) is 2.78. The predicted octanol–water partition coefficient (Wildman–Crippen LogP) is 1.36. The van der Waals surface area contributed by atoms with Gasteiger partial charge in [-0.1, -0.05) is 18.2 Å². The van der Waals surface area contributed by atoms with Gasteiger partial charge in [0.2, 0.25) is 5.91 Å². The molecule has 0 aromatic heterocycles. The molecule has 1 aromatic carbocycles. The van der Waals surface area contributed by atoms with Gasteiger partial charge in [-0.3, -0.25) is 9.59 Å². The lowest BCUT2D eigenvalue weighted by Gasteiger charge is -2.10. The Hall–Kier alpha value is -1.84. The standard InChI is InChI=1S/C12H13NO3/c1-16-12(15)9-6-8-4-2-3-5-10(8)13-11(14)7-9/h2-5,9H,6-7H2,1H3,(H,13,14). The van der Waals surface area contributed by atoms with Crippen molar-refractivity contribution in [1.29, 1.82) is 0 Å². The van der Waals surface area contributed by atoms with Crippen LogP contribution in [-0.2, 0) is 20.7 Å². The molecule has 0 bridgehead atoms. The summed E-state index contributed by atoms with van der Waals surface area (Å²) in [6.45, 7) is 0. The summed E-state index contributed by atoms with van der Waals surface area (Å²) in [7, 11) is 1.34. The van der Waals surface area contributed by atoms with Crippen molar-refractivity contribution in [3.63, 3.8) is 0 Å². The van der Waals surface area contributed by atoms with Crippen LogP contribution in [-0.4, -0.2) is 19.0 Å². The van der Waals surface area contributed by atoms with Crippen LogP contribution in [0.5, 0.6) is 0 Å². The fraction of sp³-hybridized carbons (Fsp3) is 0.333. The number of nitrogens with one attached hydrogen (secondary N) is 1. The Morgan fingerprint density at radius 3 is 2.88 bits per heavy atom. The van der Waals surface area contributed by atoms with E-state index < -0.39 is 0 Å². The Labute approximate surface area is 93.6 Å². The number of hydrogen-bond donors (Lipinski definition) is 1. The molecule has 0 saturated carbocycles. The first-order valence-corrected chi connectivity index (χ1v) is 5.16. The number of rotatable bonds is 1. The lowest BCUT2D eigenvalue weighted by Crippen LogP contribution is -2.22. The van der Waals surface area contributed by atoms with Crippen LogP contribution in [0.25, 0.3) is 0 Å². The Balaban J connectivity index is 2.30. The second-order valence-electron chi connectivity index (χ2n) is 3.83. The zero-order chi connectivity index (χ0) is 11.5. The average molecular weight is 219 g/mol. The molecule has 1 heterocycles. The third kappa shape index (κ3) is 2.05. The number of carbonyl (C=O) groups is 2. The SMILES string of the molecule is COC(=O)C1CC(=O)Nc2ccccc2C1. The number of fused-ring (bicyclic) bond motifs is 1. The summed E-state index contributed by atoms with van der Waals surface area (Å²) in [5.74, 6) is -0.846. The van der Waals surface area contributed by atoms with Gasteiger partial charge in [-0.2, -0.15) is 0 Å². The second kappa shape index (κ2) is 4.35. The number of methoxy groups -OCH3 is 1. The summed E-state index contributed by atoms with van der Waals surface area (Å²) >= 11 is 0. The highest BCUT2D eigenvalue weighted by molar-refractivity contribution is 5.95. The van der Waals surface area contributed by atoms with E-state index in [2.05, 4.69) is 10.1 Å². The molecular weight excluding hydrogens is 206 g/mol. The van der Waals surface area contributed by atoms with E-state index in [1.807, 2.05) is 24.3 Å². The normalized spacial score (nSPS) is 19.3. The van der Waals surface area contributed by atoms with Gasteiger partial charge >= 0.3 is 5.97 Å². The number of esters is 1. The highest BCUT2D eigenvalue weighted by atomic mass is 16.5. The van der Waals surface area contributed by atoms with Gasteiger partial charge in [-0.15, -0.1) is 0 Å². The van der Waals surface area contributed by atoms with E-state index in [4.69, 9.17) is 0 Å². The number of benzene rings is 1. The molecule has 0 saturated heterocycles. The second-order valence-corrected chi connectivity index (χ2v) is 3.83. The average Bonchev–Trinajstić information content (AvgIpc) is 2.45. The van der Waals surface area contributed by atoms with Crippen LogP contribution < -0.4 is 5.32 Å². The van der Waals surface area contributed by atoms with Crippen molar-refractivity contribution in [3.8, 4) is 0 Å². The van der Waals surface area contributed by atoms with E-state index in [0.717, 1.165) is 11.3 Å². The Kier molecular flexibility index (Phi) is 2.90. The van der Waals surface area contributed by atoms with Crippen LogP contribution in [0.4, 0.5) is 5.69 Å². The minimum Gasteiger partial charge on any atom is -0.469 e. The van der Waals surface area contributed by atoms with E-state index in [-0.39, 0.29) is 24.2 Å². The number of hydrogen-bond acceptors (Lipinski definition) is 3. The van der Waals surface area contributed by atoms with Gasteiger partial charge in [-0.25, -0.2) is 0 Å². The third-order valence-electron chi connectivity index (χ3n) is 2.72. The van der Waals surface area contributed by atoms with Crippen LogP contribution in [0.1, 0.15) is 12.0 Å². The lowest BCUT2D eigenvalue weighted by molar-refractivity contribution is -0.146. The molecule has 1 amide bonds. The monoisotopic (exact) mass is 219 g/mol. The van der Waals surface area contributed by atoms with Crippen molar-refractivity contribution in [1.82, 2.24) is 0 Å². The van der Waals surface area contributed by atoms with Crippen molar-refractivity contribution in [2.24, 2.45) is 5.92 Å². The molecule has 2 rings (SSSR count). The molecule has 1 N–H and O–H groups in total. The summed E-state index contributed by atoms with van der Waals surface area (Å²) in [6, 6.07) is 7.51. The van der Waals surface area contributed by atoms with Gasteiger partial charge in [0.25, 0.3) is 0 Å². The summed E-state index contributed by atoms with van der Waals surface area (Å²) in [5.41, 5.74) is 1.77. The predicted molar refractivity (Wildman–Crippen MR) is 58.9 cm³/mol. The highest BCUT2D eigenvalue weighted by Crippen LogP contribution is 2.25. The zero-order valence-corrected chi connectivity index (χ0v) is 9.03. The summed E-state index contributed by atoms with van der Waals surface area (Å²) < 4.78 is 4.69. The molecule has 84 valence electrons. The van der Waals surface area contributed by atoms with Crippen LogP contribution in [0.2, 0.25) is 0 Å². The van der Waals surface area contributed by atoms with Crippen LogP contribution >= 0.6 is 0 Å². The van der Waals surface area contributed by atoms with Gasteiger partial charge in [0, 0.05) is 12.1 Å². The van der Waals surface area contributed by atoms with Gasteiger partial charge in [0.15, 0.2) is 0 Å². The lowest BCUT2D eigenvalue weighted by atomic mass is 9.97. The molecule has 0 radical (unpaired) electrons. The Bertz CT molecular complexity index is 428. The molecule has 4 heteroatoms. The summed E-state index contributed by atoms with van der Waals surface area (Å²) in [4.78, 5) is 23.0. The molecular formula is C12H13NO3. The van der Waals surface area contributed by atoms with Crippen molar-refractivity contribution >= 4 is 17.6 Å². The maximum atomic E-state index is 11.6. The third-order valence-corrected chi connectivity index (χ3v) is 2.72. The van der Waals surface area contributed by atoms with Crippen LogP contribution in [0.15, 0.2) is 24.3 Å².